The zero-order chi connectivity index (χ0) is 14.4. The summed E-state index contributed by atoms with van der Waals surface area (Å²) in [5.74, 6) is -0.0349. The number of aromatic nitrogens is 2. The second-order valence-electron chi connectivity index (χ2n) is 4.79. The molecule has 5 heteroatoms. The summed E-state index contributed by atoms with van der Waals surface area (Å²) < 4.78 is 1.97. The Kier molecular flexibility index (Phi) is 4.90. The highest BCUT2D eigenvalue weighted by Crippen LogP contribution is 2.02. The predicted octanol–water partition coefficient (Wildman–Crippen LogP) is 1.25. The highest BCUT2D eigenvalue weighted by atomic mass is 16.1. The minimum Gasteiger partial charge on any atom is -0.351 e. The van der Waals surface area contributed by atoms with Gasteiger partial charge in [0.05, 0.1) is 12.0 Å². The van der Waals surface area contributed by atoms with E-state index in [1.54, 1.807) is 6.33 Å². The van der Waals surface area contributed by atoms with Crippen LogP contribution in [0.15, 0.2) is 36.8 Å². The summed E-state index contributed by atoms with van der Waals surface area (Å²) in [6.45, 7) is 4.08. The van der Waals surface area contributed by atoms with E-state index in [1.807, 2.05) is 49.0 Å². The Hall–Kier alpha value is -2.14. The average Bonchev–Trinajstić information content (AvgIpc) is 2.84. The smallest absolute Gasteiger partial charge is 0.251 e. The Bertz CT molecular complexity index is 560. The molecule has 2 aromatic rings. The number of carbonyl (C=O) groups excluding carboxylic acids is 1. The predicted molar refractivity (Wildman–Crippen MR) is 78.4 cm³/mol. The van der Waals surface area contributed by atoms with Gasteiger partial charge in [-0.1, -0.05) is 17.7 Å². The minimum absolute atomic E-state index is 0.0349. The van der Waals surface area contributed by atoms with Crippen molar-refractivity contribution in [2.75, 3.05) is 13.1 Å². The number of amides is 1. The lowest BCUT2D eigenvalue weighted by molar-refractivity contribution is 0.0954. The van der Waals surface area contributed by atoms with Crippen molar-refractivity contribution in [3.63, 3.8) is 0 Å². The van der Waals surface area contributed by atoms with Crippen LogP contribution in [0.5, 0.6) is 0 Å². The summed E-state index contributed by atoms with van der Waals surface area (Å²) in [5, 5.41) is 6.16. The monoisotopic (exact) mass is 272 g/mol. The van der Waals surface area contributed by atoms with Gasteiger partial charge in [-0.15, -0.1) is 0 Å². The number of nitrogens with zero attached hydrogens (tertiary/aromatic N) is 2. The molecule has 2 N–H and O–H groups in total. The third-order valence-electron chi connectivity index (χ3n) is 3.12. The van der Waals surface area contributed by atoms with Crippen molar-refractivity contribution in [2.24, 2.45) is 7.05 Å². The number of carbonyl (C=O) groups is 1. The lowest BCUT2D eigenvalue weighted by Gasteiger charge is -2.07. The van der Waals surface area contributed by atoms with Crippen LogP contribution < -0.4 is 10.6 Å². The summed E-state index contributed by atoms with van der Waals surface area (Å²) in [4.78, 5) is 15.9. The van der Waals surface area contributed by atoms with Crippen LogP contribution >= 0.6 is 0 Å². The molecule has 0 saturated carbocycles. The van der Waals surface area contributed by atoms with Crippen molar-refractivity contribution in [1.82, 2.24) is 20.2 Å². The molecule has 0 fully saturated rings. The first kappa shape index (κ1) is 14.3. The summed E-state index contributed by atoms with van der Waals surface area (Å²) in [5.41, 5.74) is 2.97. The summed E-state index contributed by atoms with van der Waals surface area (Å²) in [6, 6.07) is 7.56. The number of aryl methyl sites for hydroxylation is 2. The Labute approximate surface area is 119 Å². The van der Waals surface area contributed by atoms with Crippen LogP contribution in [0.1, 0.15) is 21.6 Å². The zero-order valence-electron chi connectivity index (χ0n) is 11.9. The van der Waals surface area contributed by atoms with Gasteiger partial charge < -0.3 is 15.2 Å². The zero-order valence-corrected chi connectivity index (χ0v) is 11.9. The maximum atomic E-state index is 11.8. The first-order valence-electron chi connectivity index (χ1n) is 6.67. The SMILES string of the molecule is Cc1ccc(C(=O)NCCNCc2cncn2C)cc1. The van der Waals surface area contributed by atoms with Gasteiger partial charge in [-0.05, 0) is 19.1 Å². The van der Waals surface area contributed by atoms with Gasteiger partial charge in [-0.2, -0.15) is 0 Å². The standard InChI is InChI=1S/C15H20N4O/c1-12-3-5-13(6-4-12)15(20)18-8-7-16-9-14-10-17-11-19(14)2/h3-6,10-11,16H,7-9H2,1-2H3,(H,18,20). The molecule has 1 aromatic carbocycles. The van der Waals surface area contributed by atoms with Crippen LogP contribution in [-0.2, 0) is 13.6 Å². The molecular weight excluding hydrogens is 252 g/mol. The number of rotatable bonds is 6. The third kappa shape index (κ3) is 3.93. The van der Waals surface area contributed by atoms with E-state index in [-0.39, 0.29) is 5.91 Å². The van der Waals surface area contributed by atoms with Crippen molar-refractivity contribution in [3.8, 4) is 0 Å². The fraction of sp³-hybridized carbons (Fsp3) is 0.333. The molecule has 20 heavy (non-hydrogen) atoms. The van der Waals surface area contributed by atoms with E-state index in [4.69, 9.17) is 0 Å². The topological polar surface area (TPSA) is 59.0 Å². The molecule has 0 atom stereocenters. The maximum absolute atomic E-state index is 11.8. The molecule has 5 nitrogen and oxygen atoms in total. The van der Waals surface area contributed by atoms with Crippen LogP contribution in [0.4, 0.5) is 0 Å². The van der Waals surface area contributed by atoms with Crippen LogP contribution in [0, 0.1) is 6.92 Å². The maximum Gasteiger partial charge on any atom is 0.251 e. The normalized spacial score (nSPS) is 10.5. The van der Waals surface area contributed by atoms with E-state index in [1.165, 1.54) is 0 Å². The van der Waals surface area contributed by atoms with Crippen molar-refractivity contribution in [1.29, 1.82) is 0 Å². The highest BCUT2D eigenvalue weighted by Gasteiger charge is 2.03. The molecule has 0 unspecified atom stereocenters. The molecule has 0 saturated heterocycles. The van der Waals surface area contributed by atoms with E-state index in [2.05, 4.69) is 15.6 Å². The number of hydrogen-bond donors (Lipinski definition) is 2. The first-order chi connectivity index (χ1) is 9.66. The molecule has 0 aliphatic carbocycles. The molecule has 1 amide bonds. The Morgan fingerprint density at radius 2 is 2.00 bits per heavy atom. The van der Waals surface area contributed by atoms with Gasteiger partial charge in [0.25, 0.3) is 5.91 Å². The van der Waals surface area contributed by atoms with Crippen LogP contribution in [0.3, 0.4) is 0 Å². The second-order valence-corrected chi connectivity index (χ2v) is 4.79. The molecular formula is C15H20N4O. The molecule has 1 aromatic heterocycles. The van der Waals surface area contributed by atoms with E-state index in [0.29, 0.717) is 12.1 Å². The van der Waals surface area contributed by atoms with Crippen molar-refractivity contribution < 1.29 is 4.79 Å². The fourth-order valence-electron chi connectivity index (χ4n) is 1.84. The van der Waals surface area contributed by atoms with E-state index < -0.39 is 0 Å². The molecule has 0 aliphatic heterocycles. The van der Waals surface area contributed by atoms with E-state index in [0.717, 1.165) is 24.3 Å². The van der Waals surface area contributed by atoms with Gasteiger partial charge in [-0.3, -0.25) is 4.79 Å². The average molecular weight is 272 g/mol. The largest absolute Gasteiger partial charge is 0.351 e. The lowest BCUT2D eigenvalue weighted by atomic mass is 10.1. The quantitative estimate of drug-likeness (QED) is 0.778. The van der Waals surface area contributed by atoms with Crippen LogP contribution in [0.25, 0.3) is 0 Å². The third-order valence-corrected chi connectivity index (χ3v) is 3.12. The van der Waals surface area contributed by atoms with Gasteiger partial charge in [0.1, 0.15) is 0 Å². The molecule has 0 spiro atoms. The number of imidazole rings is 1. The van der Waals surface area contributed by atoms with Crippen molar-refractivity contribution in [2.45, 2.75) is 13.5 Å². The Morgan fingerprint density at radius 3 is 2.65 bits per heavy atom. The lowest BCUT2D eigenvalue weighted by Crippen LogP contribution is -2.31. The summed E-state index contributed by atoms with van der Waals surface area (Å²) >= 11 is 0. The summed E-state index contributed by atoms with van der Waals surface area (Å²) in [7, 11) is 1.96. The van der Waals surface area contributed by atoms with Crippen LogP contribution in [0.2, 0.25) is 0 Å². The van der Waals surface area contributed by atoms with Crippen LogP contribution in [-0.4, -0.2) is 28.5 Å². The van der Waals surface area contributed by atoms with Gasteiger partial charge >= 0.3 is 0 Å². The molecule has 0 radical (unpaired) electrons. The number of benzene rings is 1. The molecule has 106 valence electrons. The molecule has 1 heterocycles. The Balaban J connectivity index is 1.67. The number of nitrogens with one attached hydrogen (secondary N) is 2. The van der Waals surface area contributed by atoms with E-state index >= 15 is 0 Å². The van der Waals surface area contributed by atoms with Gasteiger partial charge in [-0.25, -0.2) is 4.98 Å². The van der Waals surface area contributed by atoms with Gasteiger partial charge in [0.2, 0.25) is 0 Å². The van der Waals surface area contributed by atoms with E-state index in [9.17, 15) is 4.79 Å². The van der Waals surface area contributed by atoms with Crippen molar-refractivity contribution in [3.05, 3.63) is 53.6 Å². The Morgan fingerprint density at radius 1 is 1.25 bits per heavy atom. The molecule has 2 rings (SSSR count). The van der Waals surface area contributed by atoms with Gasteiger partial charge in [0, 0.05) is 38.4 Å². The number of hydrogen-bond acceptors (Lipinski definition) is 3. The second kappa shape index (κ2) is 6.86. The minimum atomic E-state index is -0.0349. The molecule has 0 bridgehead atoms. The fourth-order valence-corrected chi connectivity index (χ4v) is 1.84. The molecule has 0 aliphatic rings. The summed E-state index contributed by atoms with van der Waals surface area (Å²) in [6.07, 6.45) is 3.61. The van der Waals surface area contributed by atoms with Crippen molar-refractivity contribution >= 4 is 5.91 Å². The first-order valence-corrected chi connectivity index (χ1v) is 6.67. The highest BCUT2D eigenvalue weighted by molar-refractivity contribution is 5.94. The van der Waals surface area contributed by atoms with Gasteiger partial charge in [0.15, 0.2) is 0 Å².